The Balaban J connectivity index is 1.82. The summed E-state index contributed by atoms with van der Waals surface area (Å²) < 4.78 is 30.4. The molecule has 0 amide bonds. The molecule has 1 aliphatic rings. The minimum Gasteiger partial charge on any atom is -0.344 e. The van der Waals surface area contributed by atoms with Crippen LogP contribution in [0.2, 0.25) is 0 Å². The predicted molar refractivity (Wildman–Crippen MR) is 114 cm³/mol. The summed E-state index contributed by atoms with van der Waals surface area (Å²) in [5.41, 5.74) is 10.7. The van der Waals surface area contributed by atoms with Crippen LogP contribution in [0, 0.1) is 18.6 Å². The van der Waals surface area contributed by atoms with E-state index in [1.807, 2.05) is 0 Å². The topological polar surface area (TPSA) is 51.3 Å². The number of carbonyl (C=O) groups is 1. The lowest BCUT2D eigenvalue weighted by molar-refractivity contribution is -0.118. The van der Waals surface area contributed by atoms with Gasteiger partial charge in [-0.25, -0.2) is 8.78 Å². The standard InChI is InChI=1S/C24H27F2N3O/c1-15-3-6-23-20(9-15)21-14-28(2)8-7-24(21)29(23)13-16(10-18(30)12-27)19-5-4-17(25)11-22(19)26/h3-6,9,11,16H,7-8,10,12-14,27H2,1-2H3. The highest BCUT2D eigenvalue weighted by Crippen LogP contribution is 2.34. The number of ketones is 1. The molecule has 0 saturated heterocycles. The van der Waals surface area contributed by atoms with Crippen LogP contribution in [-0.4, -0.2) is 35.4 Å². The molecule has 4 rings (SSSR count). The van der Waals surface area contributed by atoms with Gasteiger partial charge >= 0.3 is 0 Å². The second-order valence-electron chi connectivity index (χ2n) is 8.35. The average molecular weight is 411 g/mol. The summed E-state index contributed by atoms with van der Waals surface area (Å²) in [7, 11) is 2.11. The fourth-order valence-corrected chi connectivity index (χ4v) is 4.59. The van der Waals surface area contributed by atoms with Gasteiger partial charge in [0.1, 0.15) is 17.4 Å². The molecule has 2 aromatic carbocycles. The minimum absolute atomic E-state index is 0.0894. The molecule has 2 heterocycles. The Kier molecular flexibility index (Phi) is 5.71. The van der Waals surface area contributed by atoms with Gasteiger partial charge < -0.3 is 15.2 Å². The van der Waals surface area contributed by atoms with Crippen molar-refractivity contribution < 1.29 is 13.6 Å². The molecule has 30 heavy (non-hydrogen) atoms. The number of Topliss-reactive ketones (excluding diaryl/α,β-unsaturated/α-hetero) is 1. The molecule has 0 radical (unpaired) electrons. The highest BCUT2D eigenvalue weighted by molar-refractivity contribution is 5.86. The van der Waals surface area contributed by atoms with Crippen molar-refractivity contribution in [3.05, 3.63) is 70.4 Å². The van der Waals surface area contributed by atoms with Gasteiger partial charge in [-0.2, -0.15) is 0 Å². The lowest BCUT2D eigenvalue weighted by Crippen LogP contribution is -2.28. The van der Waals surface area contributed by atoms with E-state index >= 15 is 0 Å². The van der Waals surface area contributed by atoms with Crippen molar-refractivity contribution in [1.82, 2.24) is 9.47 Å². The van der Waals surface area contributed by atoms with Gasteiger partial charge in [-0.05, 0) is 43.3 Å². The van der Waals surface area contributed by atoms with E-state index in [0.29, 0.717) is 12.1 Å². The normalized spacial score (nSPS) is 15.4. The molecule has 1 aromatic heterocycles. The molecule has 0 saturated carbocycles. The zero-order valence-corrected chi connectivity index (χ0v) is 17.4. The third-order valence-electron chi connectivity index (χ3n) is 6.11. The SMILES string of the molecule is Cc1ccc2c(c1)c1c(n2CC(CC(=O)CN)c2ccc(F)cc2F)CCN(C)C1. The number of rotatable bonds is 6. The molecule has 1 atom stereocenters. The summed E-state index contributed by atoms with van der Waals surface area (Å²) in [5.74, 6) is -1.79. The van der Waals surface area contributed by atoms with Crippen LogP contribution in [0.15, 0.2) is 36.4 Å². The van der Waals surface area contributed by atoms with Crippen LogP contribution in [0.5, 0.6) is 0 Å². The number of hydrogen-bond acceptors (Lipinski definition) is 3. The Morgan fingerprint density at radius 3 is 2.73 bits per heavy atom. The Hall–Kier alpha value is -2.57. The number of aryl methyl sites for hydroxylation is 1. The first-order valence-corrected chi connectivity index (χ1v) is 10.3. The first kappa shape index (κ1) is 20.7. The summed E-state index contributed by atoms with van der Waals surface area (Å²) >= 11 is 0. The molecular weight excluding hydrogens is 384 g/mol. The monoisotopic (exact) mass is 411 g/mol. The molecule has 2 N–H and O–H groups in total. The zero-order valence-electron chi connectivity index (χ0n) is 17.4. The lowest BCUT2D eigenvalue weighted by Gasteiger charge is -2.26. The first-order valence-electron chi connectivity index (χ1n) is 10.3. The Morgan fingerprint density at radius 2 is 2.00 bits per heavy atom. The van der Waals surface area contributed by atoms with Crippen molar-refractivity contribution in [1.29, 1.82) is 0 Å². The number of halogens is 2. The number of hydrogen-bond donors (Lipinski definition) is 1. The molecule has 0 aliphatic carbocycles. The van der Waals surface area contributed by atoms with E-state index in [-0.39, 0.29) is 18.7 Å². The number of fused-ring (bicyclic) bond motifs is 3. The van der Waals surface area contributed by atoms with Crippen molar-refractivity contribution >= 4 is 16.7 Å². The Morgan fingerprint density at radius 1 is 1.20 bits per heavy atom. The minimum atomic E-state index is -0.623. The van der Waals surface area contributed by atoms with E-state index in [9.17, 15) is 13.6 Å². The van der Waals surface area contributed by atoms with Crippen molar-refractivity contribution in [2.24, 2.45) is 5.73 Å². The second kappa shape index (κ2) is 8.28. The molecule has 6 heteroatoms. The fraction of sp³-hybridized carbons (Fsp3) is 0.375. The fourth-order valence-electron chi connectivity index (χ4n) is 4.59. The van der Waals surface area contributed by atoms with E-state index in [4.69, 9.17) is 5.73 Å². The summed E-state index contributed by atoms with van der Waals surface area (Å²) in [6.45, 7) is 4.24. The number of nitrogens with zero attached hydrogens (tertiary/aromatic N) is 2. The van der Waals surface area contributed by atoms with Crippen molar-refractivity contribution in [3.8, 4) is 0 Å². The number of aromatic nitrogens is 1. The van der Waals surface area contributed by atoms with Gasteiger partial charge in [0.25, 0.3) is 0 Å². The van der Waals surface area contributed by atoms with Crippen molar-refractivity contribution in [3.63, 3.8) is 0 Å². The number of nitrogens with two attached hydrogens (primary N) is 1. The summed E-state index contributed by atoms with van der Waals surface area (Å²) in [4.78, 5) is 14.5. The van der Waals surface area contributed by atoms with E-state index in [1.54, 1.807) is 0 Å². The predicted octanol–water partition coefficient (Wildman–Crippen LogP) is 3.92. The van der Waals surface area contributed by atoms with Gasteiger partial charge in [-0.15, -0.1) is 0 Å². The zero-order chi connectivity index (χ0) is 21.4. The molecule has 0 fully saturated rings. The van der Waals surface area contributed by atoms with Crippen LogP contribution < -0.4 is 5.73 Å². The number of likely N-dealkylation sites (N-methyl/N-ethyl adjacent to an activating group) is 1. The molecule has 158 valence electrons. The van der Waals surface area contributed by atoms with Gasteiger partial charge in [0, 0.05) is 61.1 Å². The highest BCUT2D eigenvalue weighted by Gasteiger charge is 2.26. The smallest absolute Gasteiger partial charge is 0.147 e. The maximum Gasteiger partial charge on any atom is 0.147 e. The van der Waals surface area contributed by atoms with E-state index in [1.165, 1.54) is 34.3 Å². The van der Waals surface area contributed by atoms with Crippen molar-refractivity contribution in [2.75, 3.05) is 20.1 Å². The van der Waals surface area contributed by atoms with E-state index in [0.717, 1.165) is 31.1 Å². The largest absolute Gasteiger partial charge is 0.344 e. The van der Waals surface area contributed by atoms with Crippen molar-refractivity contribution in [2.45, 2.75) is 38.8 Å². The van der Waals surface area contributed by atoms with Crippen LogP contribution in [-0.2, 0) is 24.3 Å². The summed E-state index contributed by atoms with van der Waals surface area (Å²) in [6, 6.07) is 9.96. The maximum absolute atomic E-state index is 14.6. The molecule has 4 nitrogen and oxygen atoms in total. The lowest BCUT2D eigenvalue weighted by atomic mass is 9.92. The van der Waals surface area contributed by atoms with Crippen LogP contribution in [0.25, 0.3) is 10.9 Å². The quantitative estimate of drug-likeness (QED) is 0.669. The summed E-state index contributed by atoms with van der Waals surface area (Å²) in [5, 5.41) is 1.21. The van der Waals surface area contributed by atoms with Gasteiger partial charge in [-0.3, -0.25) is 4.79 Å². The third-order valence-corrected chi connectivity index (χ3v) is 6.11. The first-order chi connectivity index (χ1) is 14.4. The van der Waals surface area contributed by atoms with Crippen LogP contribution >= 0.6 is 0 Å². The second-order valence-corrected chi connectivity index (χ2v) is 8.35. The van der Waals surface area contributed by atoms with Crippen LogP contribution in [0.3, 0.4) is 0 Å². The number of benzene rings is 2. The Bertz CT molecular complexity index is 1110. The molecule has 1 aliphatic heterocycles. The Labute approximate surface area is 175 Å². The van der Waals surface area contributed by atoms with Crippen LogP contribution in [0.1, 0.15) is 34.7 Å². The average Bonchev–Trinajstić information content (AvgIpc) is 2.99. The number of carbonyl (C=O) groups excluding carboxylic acids is 1. The molecular formula is C24H27F2N3O. The van der Waals surface area contributed by atoms with Gasteiger partial charge in [-0.1, -0.05) is 17.7 Å². The molecule has 0 bridgehead atoms. The highest BCUT2D eigenvalue weighted by atomic mass is 19.1. The van der Waals surface area contributed by atoms with Crippen LogP contribution in [0.4, 0.5) is 8.78 Å². The summed E-state index contributed by atoms with van der Waals surface area (Å²) in [6.07, 6.45) is 1.02. The van der Waals surface area contributed by atoms with Gasteiger partial charge in [0.2, 0.25) is 0 Å². The van der Waals surface area contributed by atoms with E-state index < -0.39 is 17.6 Å². The van der Waals surface area contributed by atoms with Gasteiger partial charge in [0.05, 0.1) is 6.54 Å². The molecule has 3 aromatic rings. The van der Waals surface area contributed by atoms with E-state index in [2.05, 4.69) is 41.6 Å². The third kappa shape index (κ3) is 3.89. The molecule has 0 spiro atoms. The maximum atomic E-state index is 14.6. The molecule has 1 unspecified atom stereocenters. The van der Waals surface area contributed by atoms with Gasteiger partial charge in [0.15, 0.2) is 0 Å².